The molecule has 3 atom stereocenters. The molecular weight excluding hydrogens is 371 g/mol. The van der Waals surface area contributed by atoms with Gasteiger partial charge in [-0.1, -0.05) is 47.1 Å². The first-order chi connectivity index (χ1) is 13.6. The number of nitrogens with one attached hydrogen (secondary N) is 2. The summed E-state index contributed by atoms with van der Waals surface area (Å²) in [7, 11) is 3.95. The SMILES string of the molecule is C=C.CC.CC.[CH2-][C@@H](CC[CH-]c1ncc(C)cn1)OCC(NC)C(CC)NC.[Na+]. The Morgan fingerprint density at radius 2 is 1.55 bits per heavy atom. The maximum absolute atomic E-state index is 5.86. The van der Waals surface area contributed by atoms with Crippen molar-refractivity contribution in [2.24, 2.45) is 0 Å². The van der Waals surface area contributed by atoms with E-state index in [0.29, 0.717) is 18.7 Å². The van der Waals surface area contributed by atoms with Gasteiger partial charge in [-0.25, -0.2) is 0 Å². The molecule has 29 heavy (non-hydrogen) atoms. The van der Waals surface area contributed by atoms with Gasteiger partial charge >= 0.3 is 29.6 Å². The largest absolute Gasteiger partial charge is 1.00 e. The third-order valence-corrected chi connectivity index (χ3v) is 3.80. The number of likely N-dealkylation sites (N-methyl/N-ethyl adjacent to an activating group) is 2. The summed E-state index contributed by atoms with van der Waals surface area (Å²) in [5.41, 5.74) is 1.07. The summed E-state index contributed by atoms with van der Waals surface area (Å²) in [6.07, 6.45) is 8.46. The second-order valence-corrected chi connectivity index (χ2v) is 5.55. The molecule has 0 saturated carbocycles. The number of rotatable bonds is 11. The first kappa shape index (κ1) is 36.0. The number of hydrogen-bond donors (Lipinski definition) is 2. The Labute approximate surface area is 204 Å². The van der Waals surface area contributed by atoms with Crippen LogP contribution in [0.1, 0.15) is 65.3 Å². The van der Waals surface area contributed by atoms with Crippen LogP contribution in [-0.4, -0.2) is 48.9 Å². The summed E-state index contributed by atoms with van der Waals surface area (Å²) < 4.78 is 5.86. The Bertz CT molecular complexity index is 414. The van der Waals surface area contributed by atoms with E-state index in [4.69, 9.17) is 4.74 Å². The number of hydrogen-bond acceptors (Lipinski definition) is 5. The van der Waals surface area contributed by atoms with Crippen molar-refractivity contribution in [2.75, 3.05) is 20.7 Å². The van der Waals surface area contributed by atoms with Gasteiger partial charge in [0.15, 0.2) is 0 Å². The minimum absolute atomic E-state index is 0. The van der Waals surface area contributed by atoms with E-state index in [1.54, 1.807) is 0 Å². The fourth-order valence-corrected chi connectivity index (χ4v) is 2.32. The van der Waals surface area contributed by atoms with Crippen LogP contribution >= 0.6 is 0 Å². The summed E-state index contributed by atoms with van der Waals surface area (Å²) >= 11 is 0. The van der Waals surface area contributed by atoms with E-state index < -0.39 is 0 Å². The molecule has 0 spiro atoms. The fraction of sp³-hybridized carbons (Fsp3) is 0.652. The van der Waals surface area contributed by atoms with Gasteiger partial charge in [0.2, 0.25) is 0 Å². The first-order valence-corrected chi connectivity index (χ1v) is 10.5. The van der Waals surface area contributed by atoms with E-state index in [2.05, 4.69) is 47.6 Å². The van der Waals surface area contributed by atoms with Gasteiger partial charge in [-0.3, -0.25) is 9.97 Å². The molecular formula is C23H46N4NaO-. The van der Waals surface area contributed by atoms with E-state index in [-0.39, 0.29) is 35.7 Å². The van der Waals surface area contributed by atoms with Crippen LogP contribution in [0.25, 0.3) is 0 Å². The van der Waals surface area contributed by atoms with Gasteiger partial charge in [-0.2, -0.15) is 6.42 Å². The molecule has 1 aromatic heterocycles. The fourth-order valence-electron chi connectivity index (χ4n) is 2.32. The summed E-state index contributed by atoms with van der Waals surface area (Å²) in [6, 6.07) is 0.702. The van der Waals surface area contributed by atoms with Crippen molar-refractivity contribution >= 4 is 0 Å². The van der Waals surface area contributed by atoms with Gasteiger partial charge in [0.05, 0.1) is 6.61 Å². The van der Waals surface area contributed by atoms with Crippen LogP contribution in [-0.2, 0) is 4.74 Å². The van der Waals surface area contributed by atoms with Crippen LogP contribution in [0.2, 0.25) is 0 Å². The summed E-state index contributed by atoms with van der Waals surface area (Å²) in [5, 5.41) is 6.61. The molecule has 0 aromatic carbocycles. The average Bonchev–Trinajstić information content (AvgIpc) is 2.77. The van der Waals surface area contributed by atoms with Crippen molar-refractivity contribution in [1.29, 1.82) is 0 Å². The van der Waals surface area contributed by atoms with E-state index in [9.17, 15) is 0 Å². The first-order valence-electron chi connectivity index (χ1n) is 10.5. The molecule has 1 rings (SSSR count). The maximum atomic E-state index is 5.86. The molecule has 5 nitrogen and oxygen atoms in total. The van der Waals surface area contributed by atoms with Crippen molar-refractivity contribution < 1.29 is 34.3 Å². The van der Waals surface area contributed by atoms with Crippen LogP contribution in [0.3, 0.4) is 0 Å². The van der Waals surface area contributed by atoms with E-state index in [0.717, 1.165) is 30.7 Å². The van der Waals surface area contributed by atoms with Gasteiger partial charge in [0.1, 0.15) is 0 Å². The molecule has 6 heteroatoms. The molecule has 2 unspecified atom stereocenters. The molecule has 0 aliphatic carbocycles. The van der Waals surface area contributed by atoms with Gasteiger partial charge in [0, 0.05) is 24.5 Å². The molecule has 2 N–H and O–H groups in total. The minimum Gasteiger partial charge on any atom is -0.409 e. The number of aromatic nitrogens is 2. The van der Waals surface area contributed by atoms with Crippen molar-refractivity contribution in [1.82, 2.24) is 20.6 Å². The number of aryl methyl sites for hydroxylation is 1. The summed E-state index contributed by atoms with van der Waals surface area (Å²) in [5.74, 6) is 0.770. The Hall–Kier alpha value is -0.430. The quantitative estimate of drug-likeness (QED) is 0.327. The van der Waals surface area contributed by atoms with Crippen molar-refractivity contribution in [3.63, 3.8) is 0 Å². The summed E-state index contributed by atoms with van der Waals surface area (Å²) in [6.45, 7) is 22.9. The topological polar surface area (TPSA) is 59.1 Å². The molecule has 0 radical (unpaired) electrons. The second kappa shape index (κ2) is 27.6. The van der Waals surface area contributed by atoms with Gasteiger partial charge in [-0.15, -0.1) is 13.2 Å². The molecule has 0 aliphatic heterocycles. The predicted octanol–water partition coefficient (Wildman–Crippen LogP) is 1.78. The van der Waals surface area contributed by atoms with Crippen molar-refractivity contribution in [3.8, 4) is 0 Å². The third-order valence-electron chi connectivity index (χ3n) is 3.80. The zero-order valence-electron chi connectivity index (χ0n) is 20.7. The molecule has 0 bridgehead atoms. The molecule has 166 valence electrons. The van der Waals surface area contributed by atoms with Crippen LogP contribution in [0.15, 0.2) is 25.6 Å². The number of ether oxygens (including phenoxy) is 1. The van der Waals surface area contributed by atoms with Gasteiger partial charge < -0.3 is 28.7 Å². The normalized spacial score (nSPS) is 12.2. The van der Waals surface area contributed by atoms with Crippen LogP contribution in [0.4, 0.5) is 0 Å². The second-order valence-electron chi connectivity index (χ2n) is 5.55. The zero-order valence-corrected chi connectivity index (χ0v) is 22.7. The van der Waals surface area contributed by atoms with Gasteiger partial charge in [0.25, 0.3) is 0 Å². The Morgan fingerprint density at radius 1 is 1.07 bits per heavy atom. The molecule has 0 aliphatic rings. The Morgan fingerprint density at radius 3 is 1.97 bits per heavy atom. The smallest absolute Gasteiger partial charge is 0.409 e. The zero-order chi connectivity index (χ0) is 22.4. The average molecular weight is 418 g/mol. The van der Waals surface area contributed by atoms with Crippen LogP contribution < -0.4 is 40.2 Å². The molecule has 0 amide bonds. The molecule has 0 saturated heterocycles. The Kier molecular flexibility index (Phi) is 34.2. The molecule has 1 heterocycles. The summed E-state index contributed by atoms with van der Waals surface area (Å²) in [4.78, 5) is 8.52. The number of nitrogens with zero attached hydrogens (tertiary/aromatic N) is 2. The van der Waals surface area contributed by atoms with Crippen LogP contribution in [0, 0.1) is 20.3 Å². The van der Waals surface area contributed by atoms with Crippen molar-refractivity contribution in [3.05, 3.63) is 50.3 Å². The van der Waals surface area contributed by atoms with Crippen molar-refractivity contribution in [2.45, 2.75) is 79.0 Å². The third kappa shape index (κ3) is 19.3. The monoisotopic (exact) mass is 417 g/mol. The van der Waals surface area contributed by atoms with E-state index in [1.807, 2.05) is 67.5 Å². The molecule has 1 aromatic rings. The standard InChI is InChI=1S/C17H30N4O.2C2H6.C2H4.Na/c1-6-15(18-4)16(19-5)12-22-14(3)8-7-9-17-20-10-13(2)11-21-17;3*1-2;/h9-11,14-16,18-19H,3,6-8,12H2,1-2,4-5H3;2*1-2H3;1-2H2;/q-2;;;;+1/t14-,15?,16?;;;;/m0..../s1. The maximum Gasteiger partial charge on any atom is 1.00 e. The van der Waals surface area contributed by atoms with E-state index >= 15 is 0 Å². The predicted molar refractivity (Wildman–Crippen MR) is 124 cm³/mol. The minimum atomic E-state index is -0.0214. The van der Waals surface area contributed by atoms with Gasteiger partial charge in [-0.05, 0) is 38.8 Å². The van der Waals surface area contributed by atoms with Crippen LogP contribution in [0.5, 0.6) is 0 Å². The molecule has 0 fully saturated rings. The van der Waals surface area contributed by atoms with E-state index in [1.165, 1.54) is 0 Å². The Balaban J connectivity index is -0.000000407.